The van der Waals surface area contributed by atoms with E-state index in [1.165, 1.54) is 50.8 Å². The molecule has 1 saturated carbocycles. The van der Waals surface area contributed by atoms with Gasteiger partial charge in [0.05, 0.1) is 18.1 Å². The summed E-state index contributed by atoms with van der Waals surface area (Å²) in [4.78, 5) is 7.58. The Balaban J connectivity index is 1.68. The second-order valence-electron chi connectivity index (χ2n) is 7.57. The van der Waals surface area contributed by atoms with E-state index in [9.17, 15) is 8.42 Å². The Morgan fingerprint density at radius 1 is 1.18 bits per heavy atom. The zero-order valence-electron chi connectivity index (χ0n) is 16.3. The van der Waals surface area contributed by atoms with Crippen LogP contribution >= 0.6 is 0 Å². The first-order valence-corrected chi connectivity index (χ1v) is 11.3. The van der Waals surface area contributed by atoms with E-state index < -0.39 is 10.0 Å². The van der Waals surface area contributed by atoms with Crippen LogP contribution in [0.2, 0.25) is 0 Å². The van der Waals surface area contributed by atoms with Gasteiger partial charge in [0.25, 0.3) is 10.0 Å². The Labute approximate surface area is 167 Å². The maximum Gasteiger partial charge on any atom is 0.264 e. The predicted octanol–water partition coefficient (Wildman–Crippen LogP) is 3.31. The minimum atomic E-state index is -3.77. The van der Waals surface area contributed by atoms with Crippen molar-refractivity contribution < 1.29 is 8.42 Å². The fraction of sp³-hybridized carbons (Fsp3) is 0.500. The first-order valence-electron chi connectivity index (χ1n) is 9.84. The number of sulfonamides is 1. The van der Waals surface area contributed by atoms with Gasteiger partial charge in [-0.1, -0.05) is 38.2 Å². The van der Waals surface area contributed by atoms with Crippen LogP contribution in [-0.2, 0) is 16.6 Å². The van der Waals surface area contributed by atoms with Crippen LogP contribution in [0.1, 0.15) is 51.0 Å². The number of nitrogens with zero attached hydrogens (tertiary/aromatic N) is 2. The second kappa shape index (κ2) is 9.34. The van der Waals surface area contributed by atoms with E-state index in [4.69, 9.17) is 5.73 Å². The molecule has 8 heteroatoms. The Bertz CT molecular complexity index is 867. The molecule has 2 aromatic rings. The predicted molar refractivity (Wildman–Crippen MR) is 111 cm³/mol. The summed E-state index contributed by atoms with van der Waals surface area (Å²) in [6.07, 6.45) is 11.6. The summed E-state index contributed by atoms with van der Waals surface area (Å²) < 4.78 is 27.8. The molecule has 0 saturated heterocycles. The molecular formula is C20H29N5O2S. The van der Waals surface area contributed by atoms with E-state index in [0.717, 1.165) is 17.9 Å². The summed E-state index contributed by atoms with van der Waals surface area (Å²) in [6.45, 7) is 2.68. The number of nitrogen functional groups attached to an aromatic ring is 1. The number of anilines is 2. The molecule has 0 amide bonds. The van der Waals surface area contributed by atoms with Gasteiger partial charge in [-0.15, -0.1) is 0 Å². The van der Waals surface area contributed by atoms with Gasteiger partial charge < -0.3 is 11.1 Å². The highest BCUT2D eigenvalue weighted by molar-refractivity contribution is 7.92. The molecule has 1 fully saturated rings. The summed E-state index contributed by atoms with van der Waals surface area (Å²) in [5.41, 5.74) is 7.93. The van der Waals surface area contributed by atoms with Gasteiger partial charge in [0.2, 0.25) is 0 Å². The number of aromatic nitrogens is 2. The van der Waals surface area contributed by atoms with Crippen molar-refractivity contribution in [2.24, 2.45) is 5.92 Å². The number of nitrogens with one attached hydrogen (secondary N) is 2. The highest BCUT2D eigenvalue weighted by Gasteiger charge is 2.19. The van der Waals surface area contributed by atoms with Crippen LogP contribution in [0, 0.1) is 5.92 Å². The lowest BCUT2D eigenvalue weighted by atomic mass is 9.85. The molecule has 0 aliphatic heterocycles. The van der Waals surface area contributed by atoms with Crippen LogP contribution in [-0.4, -0.2) is 24.4 Å². The smallest absolute Gasteiger partial charge is 0.264 e. The Morgan fingerprint density at radius 3 is 2.61 bits per heavy atom. The second-order valence-corrected chi connectivity index (χ2v) is 9.26. The third-order valence-corrected chi connectivity index (χ3v) is 6.66. The molecular weight excluding hydrogens is 374 g/mol. The van der Waals surface area contributed by atoms with Crippen LogP contribution in [0.5, 0.6) is 0 Å². The summed E-state index contributed by atoms with van der Waals surface area (Å²) in [6, 6.07) is 5.59. The molecule has 1 atom stereocenters. The Kier molecular flexibility index (Phi) is 6.85. The first kappa shape index (κ1) is 20.5. The molecule has 28 heavy (non-hydrogen) atoms. The molecule has 4 N–H and O–H groups in total. The molecule has 0 spiro atoms. The van der Waals surface area contributed by atoms with E-state index in [-0.39, 0.29) is 4.90 Å². The van der Waals surface area contributed by atoms with E-state index in [1.54, 1.807) is 18.2 Å². The first-order chi connectivity index (χ1) is 13.5. The Morgan fingerprint density at radius 2 is 1.89 bits per heavy atom. The average Bonchev–Trinajstić information content (AvgIpc) is 2.69. The minimum absolute atomic E-state index is 0.0157. The van der Waals surface area contributed by atoms with Gasteiger partial charge in [0.15, 0.2) is 0 Å². The molecule has 0 bridgehead atoms. The van der Waals surface area contributed by atoms with Crippen molar-refractivity contribution >= 4 is 21.4 Å². The van der Waals surface area contributed by atoms with Crippen molar-refractivity contribution in [3.63, 3.8) is 0 Å². The lowest BCUT2D eigenvalue weighted by molar-refractivity contribution is 0.305. The van der Waals surface area contributed by atoms with Gasteiger partial charge in [0.1, 0.15) is 11.2 Å². The van der Waals surface area contributed by atoms with Crippen molar-refractivity contribution in [3.8, 4) is 0 Å². The summed E-state index contributed by atoms with van der Waals surface area (Å²) >= 11 is 0. The number of nitrogens with two attached hydrogens (primary N) is 1. The Hall–Kier alpha value is -2.19. The van der Waals surface area contributed by atoms with Crippen LogP contribution in [0.4, 0.5) is 11.4 Å². The summed E-state index contributed by atoms with van der Waals surface area (Å²) in [5, 5.41) is 3.51. The maximum atomic E-state index is 12.6. The van der Waals surface area contributed by atoms with Gasteiger partial charge in [0, 0.05) is 23.8 Å². The SMILES string of the molecule is CC(CC1CCCCC1)NCc1c(N)cccc1NS(=O)(=O)c1cncnc1. The topological polar surface area (TPSA) is 110 Å². The highest BCUT2D eigenvalue weighted by Crippen LogP contribution is 2.28. The van der Waals surface area contributed by atoms with Crippen molar-refractivity contribution in [3.05, 3.63) is 42.5 Å². The molecule has 1 aliphatic rings. The normalized spacial score (nSPS) is 16.6. The molecule has 1 aromatic heterocycles. The van der Waals surface area contributed by atoms with Gasteiger partial charge in [-0.2, -0.15) is 0 Å². The van der Waals surface area contributed by atoms with E-state index in [2.05, 4.69) is 26.9 Å². The minimum Gasteiger partial charge on any atom is -0.398 e. The lowest BCUT2D eigenvalue weighted by Gasteiger charge is -2.25. The third kappa shape index (κ3) is 5.42. The van der Waals surface area contributed by atoms with Crippen molar-refractivity contribution in [1.29, 1.82) is 0 Å². The van der Waals surface area contributed by atoms with Gasteiger partial charge >= 0.3 is 0 Å². The molecule has 1 aromatic carbocycles. The third-order valence-electron chi connectivity index (χ3n) is 5.34. The number of benzene rings is 1. The molecule has 1 aliphatic carbocycles. The van der Waals surface area contributed by atoms with E-state index >= 15 is 0 Å². The van der Waals surface area contributed by atoms with Crippen molar-refractivity contribution in [2.45, 2.75) is 62.9 Å². The number of hydrogen-bond acceptors (Lipinski definition) is 6. The van der Waals surface area contributed by atoms with E-state index in [1.807, 2.05) is 0 Å². The van der Waals surface area contributed by atoms with E-state index in [0.29, 0.717) is 24.0 Å². The fourth-order valence-electron chi connectivity index (χ4n) is 3.81. The molecule has 1 unspecified atom stereocenters. The van der Waals surface area contributed by atoms with Crippen LogP contribution < -0.4 is 15.8 Å². The molecule has 152 valence electrons. The molecule has 7 nitrogen and oxygen atoms in total. The highest BCUT2D eigenvalue weighted by atomic mass is 32.2. The van der Waals surface area contributed by atoms with Gasteiger partial charge in [-0.05, 0) is 31.4 Å². The fourth-order valence-corrected chi connectivity index (χ4v) is 4.81. The van der Waals surface area contributed by atoms with Gasteiger partial charge in [-0.25, -0.2) is 18.4 Å². The molecule has 3 rings (SSSR count). The van der Waals surface area contributed by atoms with Crippen LogP contribution in [0.15, 0.2) is 41.8 Å². The number of rotatable bonds is 8. The zero-order chi connectivity index (χ0) is 20.0. The van der Waals surface area contributed by atoms with Crippen LogP contribution in [0.3, 0.4) is 0 Å². The molecule has 1 heterocycles. The van der Waals surface area contributed by atoms with Gasteiger partial charge in [-0.3, -0.25) is 4.72 Å². The van der Waals surface area contributed by atoms with Crippen LogP contribution in [0.25, 0.3) is 0 Å². The van der Waals surface area contributed by atoms with Crippen molar-refractivity contribution in [1.82, 2.24) is 15.3 Å². The average molecular weight is 404 g/mol. The van der Waals surface area contributed by atoms with Crippen molar-refractivity contribution in [2.75, 3.05) is 10.5 Å². The molecule has 0 radical (unpaired) electrons. The lowest BCUT2D eigenvalue weighted by Crippen LogP contribution is -2.29. The maximum absolute atomic E-state index is 12.6. The quantitative estimate of drug-likeness (QED) is 0.583. The largest absolute Gasteiger partial charge is 0.398 e. The monoisotopic (exact) mass is 403 g/mol. The summed E-state index contributed by atoms with van der Waals surface area (Å²) in [7, 11) is -3.77. The number of hydrogen-bond donors (Lipinski definition) is 3. The summed E-state index contributed by atoms with van der Waals surface area (Å²) in [5.74, 6) is 0.778. The standard InChI is InChI=1S/C20H29N5O2S/c1-15(10-16-6-3-2-4-7-16)24-13-18-19(21)8-5-9-20(18)25-28(26,27)17-11-22-14-23-12-17/h5,8-9,11-12,14-16,24-25H,2-4,6-7,10,13,21H2,1H3. The zero-order valence-corrected chi connectivity index (χ0v) is 17.1.